The van der Waals surface area contributed by atoms with E-state index in [-0.39, 0.29) is 29.7 Å². The summed E-state index contributed by atoms with van der Waals surface area (Å²) < 4.78 is 27.4. The van der Waals surface area contributed by atoms with Crippen molar-refractivity contribution in [1.29, 1.82) is 0 Å². The predicted octanol–water partition coefficient (Wildman–Crippen LogP) is 2.55. The van der Waals surface area contributed by atoms with Crippen LogP contribution in [0.5, 0.6) is 0 Å². The second-order valence-corrected chi connectivity index (χ2v) is 9.54. The van der Waals surface area contributed by atoms with Crippen LogP contribution in [-0.2, 0) is 10.0 Å². The molecule has 0 aliphatic heterocycles. The van der Waals surface area contributed by atoms with Crippen LogP contribution < -0.4 is 10.0 Å². The van der Waals surface area contributed by atoms with Crippen LogP contribution >= 0.6 is 0 Å². The van der Waals surface area contributed by atoms with Crippen LogP contribution in [0.2, 0.25) is 0 Å². The standard InChI is InChI=1S/C18H28N2O3S/c1-14-11-16(13-18(2,3)12-14)20-24(22,23)10-9-19-17(21)15-7-5-4-6-8-15/h4-8,14,16,20H,9-13H2,1-3H3,(H,19,21)/t14-,16-/m0/s1. The average Bonchev–Trinajstić information content (AvgIpc) is 2.45. The summed E-state index contributed by atoms with van der Waals surface area (Å²) in [6, 6.07) is 8.77. The lowest BCUT2D eigenvalue weighted by Crippen LogP contribution is -2.45. The van der Waals surface area contributed by atoms with E-state index >= 15 is 0 Å². The first-order chi connectivity index (χ1) is 11.2. The summed E-state index contributed by atoms with van der Waals surface area (Å²) in [5.41, 5.74) is 0.692. The molecule has 0 saturated heterocycles. The lowest BCUT2D eigenvalue weighted by Gasteiger charge is -2.39. The van der Waals surface area contributed by atoms with Gasteiger partial charge in [-0.25, -0.2) is 13.1 Å². The molecule has 0 spiro atoms. The average molecular weight is 353 g/mol. The molecule has 2 N–H and O–H groups in total. The number of benzene rings is 1. The smallest absolute Gasteiger partial charge is 0.251 e. The quantitative estimate of drug-likeness (QED) is 0.826. The third-order valence-electron chi connectivity index (χ3n) is 4.43. The number of nitrogens with one attached hydrogen (secondary N) is 2. The molecule has 2 rings (SSSR count). The molecule has 24 heavy (non-hydrogen) atoms. The molecule has 0 aromatic heterocycles. The maximum absolute atomic E-state index is 12.3. The van der Waals surface area contributed by atoms with E-state index in [1.165, 1.54) is 0 Å². The van der Waals surface area contributed by atoms with Crippen LogP contribution in [-0.4, -0.2) is 32.7 Å². The van der Waals surface area contributed by atoms with E-state index in [1.54, 1.807) is 24.3 Å². The number of carbonyl (C=O) groups excluding carboxylic acids is 1. The Labute approximate surface area is 145 Å². The summed E-state index contributed by atoms with van der Waals surface area (Å²) in [5, 5.41) is 2.66. The molecule has 1 aliphatic carbocycles. The molecule has 1 aromatic rings. The van der Waals surface area contributed by atoms with Gasteiger partial charge in [-0.15, -0.1) is 0 Å². The number of carbonyl (C=O) groups is 1. The Bertz CT molecular complexity index is 656. The minimum Gasteiger partial charge on any atom is -0.351 e. The summed E-state index contributed by atoms with van der Waals surface area (Å²) in [5.74, 6) is 0.161. The molecule has 1 aromatic carbocycles. The van der Waals surface area contributed by atoms with E-state index < -0.39 is 10.0 Å². The zero-order valence-corrected chi connectivity index (χ0v) is 15.5. The highest BCUT2D eigenvalue weighted by Gasteiger charge is 2.33. The summed E-state index contributed by atoms with van der Waals surface area (Å²) in [6.07, 6.45) is 2.85. The molecule has 134 valence electrons. The lowest BCUT2D eigenvalue weighted by molar-refractivity contribution is 0.0956. The molecule has 0 radical (unpaired) electrons. The van der Waals surface area contributed by atoms with E-state index in [1.807, 2.05) is 6.07 Å². The number of rotatable bonds is 6. The summed E-state index contributed by atoms with van der Waals surface area (Å²) in [7, 11) is -3.40. The Kier molecular flexibility index (Phi) is 6.04. The molecule has 1 amide bonds. The molecule has 0 heterocycles. The Morgan fingerprint density at radius 1 is 1.21 bits per heavy atom. The number of amides is 1. The molecule has 5 nitrogen and oxygen atoms in total. The first kappa shape index (κ1) is 18.9. The molecular weight excluding hydrogens is 324 g/mol. The second-order valence-electron chi connectivity index (χ2n) is 7.67. The van der Waals surface area contributed by atoms with Crippen LogP contribution in [0.15, 0.2) is 30.3 Å². The van der Waals surface area contributed by atoms with Crippen molar-refractivity contribution in [3.05, 3.63) is 35.9 Å². The minimum atomic E-state index is -3.40. The van der Waals surface area contributed by atoms with Gasteiger partial charge < -0.3 is 5.32 Å². The minimum absolute atomic E-state index is 0.0152. The Morgan fingerprint density at radius 2 is 1.88 bits per heavy atom. The normalized spacial score (nSPS) is 23.6. The third kappa shape index (κ3) is 5.91. The van der Waals surface area contributed by atoms with Crippen LogP contribution in [0, 0.1) is 11.3 Å². The lowest BCUT2D eigenvalue weighted by atomic mass is 9.71. The van der Waals surface area contributed by atoms with E-state index in [9.17, 15) is 13.2 Å². The highest BCUT2D eigenvalue weighted by Crippen LogP contribution is 2.38. The van der Waals surface area contributed by atoms with Gasteiger partial charge in [-0.05, 0) is 42.7 Å². The van der Waals surface area contributed by atoms with Gasteiger partial charge in [0.15, 0.2) is 0 Å². The third-order valence-corrected chi connectivity index (χ3v) is 5.86. The van der Waals surface area contributed by atoms with Gasteiger partial charge in [0, 0.05) is 18.2 Å². The molecule has 2 atom stereocenters. The van der Waals surface area contributed by atoms with Crippen molar-refractivity contribution in [2.75, 3.05) is 12.3 Å². The van der Waals surface area contributed by atoms with Crippen LogP contribution in [0.3, 0.4) is 0 Å². The van der Waals surface area contributed by atoms with Gasteiger partial charge in [-0.2, -0.15) is 0 Å². The fourth-order valence-corrected chi connectivity index (χ4v) is 4.92. The molecule has 1 aliphatic rings. The van der Waals surface area contributed by atoms with E-state index in [0.29, 0.717) is 11.5 Å². The largest absolute Gasteiger partial charge is 0.351 e. The van der Waals surface area contributed by atoms with Gasteiger partial charge >= 0.3 is 0 Å². The highest BCUT2D eigenvalue weighted by molar-refractivity contribution is 7.89. The van der Waals surface area contributed by atoms with Crippen molar-refractivity contribution in [2.24, 2.45) is 11.3 Å². The zero-order valence-electron chi connectivity index (χ0n) is 14.7. The molecule has 6 heteroatoms. The van der Waals surface area contributed by atoms with Crippen LogP contribution in [0.25, 0.3) is 0 Å². The Hall–Kier alpha value is -1.40. The van der Waals surface area contributed by atoms with Gasteiger partial charge in [0.25, 0.3) is 5.91 Å². The van der Waals surface area contributed by atoms with Gasteiger partial charge in [-0.3, -0.25) is 4.79 Å². The topological polar surface area (TPSA) is 75.3 Å². The predicted molar refractivity (Wildman–Crippen MR) is 96.3 cm³/mol. The van der Waals surface area contributed by atoms with Crippen molar-refractivity contribution < 1.29 is 13.2 Å². The molecule has 1 fully saturated rings. The number of sulfonamides is 1. The van der Waals surface area contributed by atoms with Crippen molar-refractivity contribution in [2.45, 2.75) is 46.1 Å². The first-order valence-corrected chi connectivity index (χ1v) is 10.2. The van der Waals surface area contributed by atoms with Gasteiger partial charge in [0.1, 0.15) is 0 Å². The number of hydrogen-bond acceptors (Lipinski definition) is 3. The fraction of sp³-hybridized carbons (Fsp3) is 0.611. The van der Waals surface area contributed by atoms with E-state index in [0.717, 1.165) is 19.3 Å². The summed E-state index contributed by atoms with van der Waals surface area (Å²) in [6.45, 7) is 6.64. The molecular formula is C18H28N2O3S. The SMILES string of the molecule is C[C@H]1C[C@H](NS(=O)(=O)CCNC(=O)c2ccccc2)CC(C)(C)C1. The van der Waals surface area contributed by atoms with Gasteiger partial charge in [0.2, 0.25) is 10.0 Å². The number of hydrogen-bond donors (Lipinski definition) is 2. The maximum Gasteiger partial charge on any atom is 0.251 e. The van der Waals surface area contributed by atoms with Gasteiger partial charge in [0.05, 0.1) is 5.75 Å². The molecule has 0 bridgehead atoms. The van der Waals surface area contributed by atoms with E-state index in [2.05, 4.69) is 30.8 Å². The summed E-state index contributed by atoms with van der Waals surface area (Å²) >= 11 is 0. The fourth-order valence-electron chi connectivity index (χ4n) is 3.74. The Morgan fingerprint density at radius 3 is 2.50 bits per heavy atom. The maximum atomic E-state index is 12.3. The molecule has 0 unspecified atom stereocenters. The van der Waals surface area contributed by atoms with Crippen molar-refractivity contribution in [3.8, 4) is 0 Å². The highest BCUT2D eigenvalue weighted by atomic mass is 32.2. The van der Waals surface area contributed by atoms with Gasteiger partial charge in [-0.1, -0.05) is 39.0 Å². The van der Waals surface area contributed by atoms with Crippen molar-refractivity contribution in [1.82, 2.24) is 10.0 Å². The first-order valence-electron chi connectivity index (χ1n) is 8.50. The monoisotopic (exact) mass is 352 g/mol. The zero-order chi connectivity index (χ0) is 17.8. The van der Waals surface area contributed by atoms with Crippen molar-refractivity contribution in [3.63, 3.8) is 0 Å². The van der Waals surface area contributed by atoms with Crippen LogP contribution in [0.1, 0.15) is 50.4 Å². The molecule has 1 saturated carbocycles. The van der Waals surface area contributed by atoms with Crippen LogP contribution in [0.4, 0.5) is 0 Å². The van der Waals surface area contributed by atoms with E-state index in [4.69, 9.17) is 0 Å². The summed E-state index contributed by atoms with van der Waals surface area (Å²) in [4.78, 5) is 11.9. The van der Waals surface area contributed by atoms with Crippen molar-refractivity contribution >= 4 is 15.9 Å². The second kappa shape index (κ2) is 7.66. The Balaban J connectivity index is 1.82.